The first-order valence-corrected chi connectivity index (χ1v) is 9.35. The standard InChI is InChI=1S/C18H28N2O2S.ClH/c1-4-13-20(15-9-11-19-12-10-15)18(21)14(2)23-17-7-5-16(22-3)6-8-17;/h5-8,14-15,19H,4,9-13H2,1-3H3;1H. The molecular formula is C18H29ClN2O2S. The molecule has 4 nitrogen and oxygen atoms in total. The van der Waals surface area contributed by atoms with E-state index in [0.717, 1.165) is 49.5 Å². The summed E-state index contributed by atoms with van der Waals surface area (Å²) in [6.07, 6.45) is 3.13. The van der Waals surface area contributed by atoms with Crippen LogP contribution in [0.4, 0.5) is 0 Å². The van der Waals surface area contributed by atoms with Crippen LogP contribution in [0.3, 0.4) is 0 Å². The lowest BCUT2D eigenvalue weighted by molar-refractivity contribution is -0.133. The Morgan fingerprint density at radius 2 is 1.96 bits per heavy atom. The van der Waals surface area contributed by atoms with Gasteiger partial charge in [-0.15, -0.1) is 24.2 Å². The molecule has 0 bridgehead atoms. The number of piperidine rings is 1. The van der Waals surface area contributed by atoms with Crippen molar-refractivity contribution in [2.45, 2.75) is 49.3 Å². The van der Waals surface area contributed by atoms with Gasteiger partial charge in [0.05, 0.1) is 12.4 Å². The zero-order valence-electron chi connectivity index (χ0n) is 14.8. The molecule has 1 amide bonds. The predicted octanol–water partition coefficient (Wildman–Crippen LogP) is 3.59. The average molecular weight is 373 g/mol. The summed E-state index contributed by atoms with van der Waals surface area (Å²) in [6.45, 7) is 7.04. The predicted molar refractivity (Wildman–Crippen MR) is 103 cm³/mol. The van der Waals surface area contributed by atoms with Crippen molar-refractivity contribution < 1.29 is 9.53 Å². The first-order valence-electron chi connectivity index (χ1n) is 8.47. The van der Waals surface area contributed by atoms with Gasteiger partial charge in [0.15, 0.2) is 0 Å². The second kappa shape index (κ2) is 10.9. The van der Waals surface area contributed by atoms with E-state index in [4.69, 9.17) is 4.74 Å². The third-order valence-electron chi connectivity index (χ3n) is 4.22. The van der Waals surface area contributed by atoms with Crippen LogP contribution in [0.15, 0.2) is 29.2 Å². The number of ether oxygens (including phenoxy) is 1. The molecule has 1 fully saturated rings. The maximum absolute atomic E-state index is 12.9. The number of nitrogens with one attached hydrogen (secondary N) is 1. The molecule has 1 aliphatic heterocycles. The number of methoxy groups -OCH3 is 1. The van der Waals surface area contributed by atoms with Crippen LogP contribution in [0.5, 0.6) is 5.75 Å². The monoisotopic (exact) mass is 372 g/mol. The minimum Gasteiger partial charge on any atom is -0.497 e. The lowest BCUT2D eigenvalue weighted by Crippen LogP contribution is -2.48. The molecule has 0 saturated carbocycles. The first kappa shape index (κ1) is 21.1. The molecule has 0 spiro atoms. The second-order valence-electron chi connectivity index (χ2n) is 5.95. The Morgan fingerprint density at radius 1 is 1.33 bits per heavy atom. The van der Waals surface area contributed by atoms with Gasteiger partial charge in [-0.1, -0.05) is 6.92 Å². The molecule has 1 aromatic rings. The van der Waals surface area contributed by atoms with Crippen molar-refractivity contribution in [3.63, 3.8) is 0 Å². The number of benzene rings is 1. The van der Waals surface area contributed by atoms with Crippen LogP contribution < -0.4 is 10.1 Å². The van der Waals surface area contributed by atoms with E-state index < -0.39 is 0 Å². The molecular weight excluding hydrogens is 344 g/mol. The quantitative estimate of drug-likeness (QED) is 0.742. The van der Waals surface area contributed by atoms with E-state index in [2.05, 4.69) is 17.1 Å². The van der Waals surface area contributed by atoms with Gasteiger partial charge in [0, 0.05) is 17.5 Å². The van der Waals surface area contributed by atoms with Crippen molar-refractivity contribution in [2.24, 2.45) is 0 Å². The van der Waals surface area contributed by atoms with Gasteiger partial charge in [-0.3, -0.25) is 4.79 Å². The molecule has 0 aromatic heterocycles. The average Bonchev–Trinajstić information content (AvgIpc) is 2.60. The summed E-state index contributed by atoms with van der Waals surface area (Å²) in [5, 5.41) is 3.31. The Morgan fingerprint density at radius 3 is 2.50 bits per heavy atom. The van der Waals surface area contributed by atoms with Crippen molar-refractivity contribution in [2.75, 3.05) is 26.7 Å². The van der Waals surface area contributed by atoms with Gasteiger partial charge in [-0.2, -0.15) is 0 Å². The van der Waals surface area contributed by atoms with Crippen molar-refractivity contribution in [1.29, 1.82) is 0 Å². The number of rotatable bonds is 7. The van der Waals surface area contributed by atoms with Gasteiger partial charge >= 0.3 is 0 Å². The Kier molecular flexibility index (Phi) is 9.56. The SMILES string of the molecule is CCCN(C(=O)C(C)Sc1ccc(OC)cc1)C1CCNCC1.Cl. The van der Waals surface area contributed by atoms with Gasteiger partial charge in [-0.05, 0) is 63.5 Å². The lowest BCUT2D eigenvalue weighted by atomic mass is 10.0. The third-order valence-corrected chi connectivity index (χ3v) is 5.32. The molecule has 1 unspecified atom stereocenters. The van der Waals surface area contributed by atoms with E-state index in [-0.39, 0.29) is 23.6 Å². The molecule has 0 radical (unpaired) electrons. The van der Waals surface area contributed by atoms with Gasteiger partial charge in [0.2, 0.25) is 5.91 Å². The normalized spacial score (nSPS) is 16.1. The zero-order chi connectivity index (χ0) is 16.7. The highest BCUT2D eigenvalue weighted by Gasteiger charge is 2.28. The van der Waals surface area contributed by atoms with E-state index in [1.165, 1.54) is 0 Å². The van der Waals surface area contributed by atoms with Crippen molar-refractivity contribution >= 4 is 30.1 Å². The number of carbonyl (C=O) groups is 1. The number of hydrogen-bond donors (Lipinski definition) is 1. The van der Waals surface area contributed by atoms with Gasteiger partial charge in [0.1, 0.15) is 5.75 Å². The van der Waals surface area contributed by atoms with Crippen molar-refractivity contribution in [3.8, 4) is 5.75 Å². The van der Waals surface area contributed by atoms with Crippen LogP contribution in [-0.2, 0) is 4.79 Å². The number of hydrogen-bond acceptors (Lipinski definition) is 4. The maximum Gasteiger partial charge on any atom is 0.236 e. The molecule has 1 N–H and O–H groups in total. The van der Waals surface area contributed by atoms with Gasteiger partial charge < -0.3 is 15.0 Å². The molecule has 1 atom stereocenters. The van der Waals surface area contributed by atoms with Gasteiger partial charge in [-0.25, -0.2) is 0 Å². The molecule has 1 saturated heterocycles. The Labute approximate surface area is 156 Å². The Balaban J connectivity index is 0.00000288. The van der Waals surface area contributed by atoms with Gasteiger partial charge in [0.25, 0.3) is 0 Å². The molecule has 136 valence electrons. The van der Waals surface area contributed by atoms with E-state index in [0.29, 0.717) is 6.04 Å². The Bertz CT molecular complexity index is 492. The molecule has 1 heterocycles. The third kappa shape index (κ3) is 5.87. The fourth-order valence-electron chi connectivity index (χ4n) is 2.97. The maximum atomic E-state index is 12.9. The van der Waals surface area contributed by atoms with Crippen LogP contribution >= 0.6 is 24.2 Å². The number of nitrogens with zero attached hydrogens (tertiary/aromatic N) is 1. The van der Waals surface area contributed by atoms with Crippen LogP contribution in [0.25, 0.3) is 0 Å². The number of carbonyl (C=O) groups excluding carboxylic acids is 1. The molecule has 1 aliphatic rings. The molecule has 0 aliphatic carbocycles. The summed E-state index contributed by atoms with van der Waals surface area (Å²) < 4.78 is 5.18. The first-order chi connectivity index (χ1) is 11.2. The summed E-state index contributed by atoms with van der Waals surface area (Å²) >= 11 is 1.63. The van der Waals surface area contributed by atoms with E-state index in [1.54, 1.807) is 18.9 Å². The highest BCUT2D eigenvalue weighted by molar-refractivity contribution is 8.00. The molecule has 1 aromatic carbocycles. The van der Waals surface area contributed by atoms with Crippen molar-refractivity contribution in [3.05, 3.63) is 24.3 Å². The largest absolute Gasteiger partial charge is 0.497 e. The molecule has 6 heteroatoms. The summed E-state index contributed by atoms with van der Waals surface area (Å²) in [5.74, 6) is 1.11. The minimum atomic E-state index is -0.0650. The number of halogens is 1. The van der Waals surface area contributed by atoms with E-state index in [9.17, 15) is 4.79 Å². The minimum absolute atomic E-state index is 0. The summed E-state index contributed by atoms with van der Waals surface area (Å²) in [6, 6.07) is 8.30. The molecule has 2 rings (SSSR count). The topological polar surface area (TPSA) is 41.6 Å². The highest BCUT2D eigenvalue weighted by atomic mass is 35.5. The second-order valence-corrected chi connectivity index (χ2v) is 7.36. The Hall–Kier alpha value is -0.910. The van der Waals surface area contributed by atoms with Crippen LogP contribution in [-0.4, -0.2) is 48.8 Å². The zero-order valence-corrected chi connectivity index (χ0v) is 16.4. The summed E-state index contributed by atoms with van der Waals surface area (Å²) in [4.78, 5) is 16.1. The van der Waals surface area contributed by atoms with Crippen LogP contribution in [0.1, 0.15) is 33.1 Å². The van der Waals surface area contributed by atoms with Crippen LogP contribution in [0, 0.1) is 0 Å². The van der Waals surface area contributed by atoms with Crippen molar-refractivity contribution in [1.82, 2.24) is 10.2 Å². The summed E-state index contributed by atoms with van der Waals surface area (Å²) in [7, 11) is 1.66. The number of thioether (sulfide) groups is 1. The molecule has 24 heavy (non-hydrogen) atoms. The fraction of sp³-hybridized carbons (Fsp3) is 0.611. The summed E-state index contributed by atoms with van der Waals surface area (Å²) in [5.41, 5.74) is 0. The van der Waals surface area contributed by atoms with E-state index >= 15 is 0 Å². The fourth-order valence-corrected chi connectivity index (χ4v) is 3.91. The lowest BCUT2D eigenvalue weighted by Gasteiger charge is -2.36. The number of amides is 1. The smallest absolute Gasteiger partial charge is 0.236 e. The van der Waals surface area contributed by atoms with E-state index in [1.807, 2.05) is 31.2 Å². The van der Waals surface area contributed by atoms with Crippen LogP contribution in [0.2, 0.25) is 0 Å². The highest BCUT2D eigenvalue weighted by Crippen LogP contribution is 2.27.